The summed E-state index contributed by atoms with van der Waals surface area (Å²) < 4.78 is 31.3. The molecule has 0 unspecified atom stereocenters. The van der Waals surface area contributed by atoms with Crippen molar-refractivity contribution in [1.82, 2.24) is 0 Å². The van der Waals surface area contributed by atoms with Crippen LogP contribution in [0.5, 0.6) is 0 Å². The van der Waals surface area contributed by atoms with Crippen LogP contribution < -0.4 is 0 Å². The molecule has 1 nitrogen and oxygen atoms in total. The van der Waals surface area contributed by atoms with Gasteiger partial charge in [0.05, 0.1) is 12.7 Å². The summed E-state index contributed by atoms with van der Waals surface area (Å²) in [7, 11) is 0. The van der Waals surface area contributed by atoms with Crippen LogP contribution in [0.15, 0.2) is 18.2 Å². The fourth-order valence-electron chi connectivity index (χ4n) is 1.76. The van der Waals surface area contributed by atoms with Gasteiger partial charge in [0, 0.05) is 11.6 Å². The maximum absolute atomic E-state index is 13.3. The minimum Gasteiger partial charge on any atom is -0.373 e. The Hall–Kier alpha value is -0.960. The van der Waals surface area contributed by atoms with Crippen LogP contribution in [0, 0.1) is 17.6 Å². The maximum Gasteiger partial charge on any atom is 0.131 e. The summed E-state index contributed by atoms with van der Waals surface area (Å²) in [5.74, 6) is -0.606. The van der Waals surface area contributed by atoms with E-state index in [0.717, 1.165) is 12.5 Å². The monoisotopic (exact) mass is 198 g/mol. The van der Waals surface area contributed by atoms with Gasteiger partial charge in [-0.1, -0.05) is 13.0 Å². The lowest BCUT2D eigenvalue weighted by molar-refractivity contribution is 0.105. The van der Waals surface area contributed by atoms with Gasteiger partial charge in [0.2, 0.25) is 0 Å². The largest absolute Gasteiger partial charge is 0.373 e. The molecule has 0 bridgehead atoms. The second kappa shape index (κ2) is 3.65. The van der Waals surface area contributed by atoms with Gasteiger partial charge in [-0.25, -0.2) is 8.78 Å². The van der Waals surface area contributed by atoms with E-state index < -0.39 is 11.6 Å². The van der Waals surface area contributed by atoms with Crippen molar-refractivity contribution >= 4 is 0 Å². The first-order chi connectivity index (χ1) is 6.66. The Morgan fingerprint density at radius 1 is 1.36 bits per heavy atom. The summed E-state index contributed by atoms with van der Waals surface area (Å²) in [4.78, 5) is 0. The molecule has 76 valence electrons. The van der Waals surface area contributed by atoms with Gasteiger partial charge in [-0.3, -0.25) is 0 Å². The summed E-state index contributed by atoms with van der Waals surface area (Å²) in [6.07, 6.45) is 0.605. The fourth-order valence-corrected chi connectivity index (χ4v) is 1.76. The second-order valence-electron chi connectivity index (χ2n) is 3.83. The molecule has 0 radical (unpaired) electrons. The van der Waals surface area contributed by atoms with Gasteiger partial charge >= 0.3 is 0 Å². The first-order valence-corrected chi connectivity index (χ1v) is 4.73. The van der Waals surface area contributed by atoms with Crippen LogP contribution in [0.25, 0.3) is 0 Å². The van der Waals surface area contributed by atoms with Crippen molar-refractivity contribution in [3.63, 3.8) is 0 Å². The molecule has 0 aliphatic carbocycles. The predicted octanol–water partition coefficient (Wildman–Crippen LogP) is 3.06. The first-order valence-electron chi connectivity index (χ1n) is 4.73. The van der Waals surface area contributed by atoms with Gasteiger partial charge in [-0.05, 0) is 18.4 Å². The Bertz CT molecular complexity index is 338. The summed E-state index contributed by atoms with van der Waals surface area (Å²) in [5, 5.41) is 0. The van der Waals surface area contributed by atoms with E-state index in [1.165, 1.54) is 12.1 Å². The van der Waals surface area contributed by atoms with E-state index in [0.29, 0.717) is 18.1 Å². The Morgan fingerprint density at radius 3 is 2.71 bits per heavy atom. The second-order valence-corrected chi connectivity index (χ2v) is 3.83. The zero-order valence-electron chi connectivity index (χ0n) is 7.97. The van der Waals surface area contributed by atoms with E-state index in [-0.39, 0.29) is 6.10 Å². The number of hydrogen-bond acceptors (Lipinski definition) is 1. The lowest BCUT2D eigenvalue weighted by Crippen LogP contribution is -1.99. The zero-order chi connectivity index (χ0) is 10.1. The molecule has 14 heavy (non-hydrogen) atoms. The molecular weight excluding hydrogens is 186 g/mol. The van der Waals surface area contributed by atoms with Crippen LogP contribution in [0.1, 0.15) is 25.0 Å². The van der Waals surface area contributed by atoms with E-state index in [2.05, 4.69) is 6.92 Å². The lowest BCUT2D eigenvalue weighted by Gasteiger charge is -2.10. The highest BCUT2D eigenvalue weighted by Crippen LogP contribution is 2.33. The van der Waals surface area contributed by atoms with Crippen molar-refractivity contribution in [1.29, 1.82) is 0 Å². The number of benzene rings is 1. The molecule has 1 aromatic carbocycles. The quantitative estimate of drug-likeness (QED) is 0.673. The summed E-state index contributed by atoms with van der Waals surface area (Å²) in [5.41, 5.74) is 0.468. The first kappa shape index (κ1) is 9.59. The van der Waals surface area contributed by atoms with E-state index in [4.69, 9.17) is 4.74 Å². The van der Waals surface area contributed by atoms with Gasteiger partial charge in [0.25, 0.3) is 0 Å². The average molecular weight is 198 g/mol. The highest BCUT2D eigenvalue weighted by atomic mass is 19.1. The Labute approximate surface area is 81.7 Å². The van der Waals surface area contributed by atoms with E-state index in [1.54, 1.807) is 0 Å². The minimum absolute atomic E-state index is 0.203. The van der Waals surface area contributed by atoms with Crippen molar-refractivity contribution < 1.29 is 13.5 Å². The zero-order valence-corrected chi connectivity index (χ0v) is 7.97. The fraction of sp³-hybridized carbons (Fsp3) is 0.455. The molecule has 0 spiro atoms. The smallest absolute Gasteiger partial charge is 0.131 e. The Balaban J connectivity index is 2.24. The number of halogens is 2. The molecule has 2 atom stereocenters. The lowest BCUT2D eigenvalue weighted by atomic mass is 10.0. The SMILES string of the molecule is C[C@@H]1CO[C@@H](c2ccc(F)cc2F)C1. The minimum atomic E-state index is -0.544. The molecule has 2 rings (SSSR count). The molecule has 0 saturated carbocycles. The summed E-state index contributed by atoms with van der Waals surface area (Å²) in [6, 6.07) is 3.64. The van der Waals surface area contributed by atoms with Crippen LogP contribution in [0.4, 0.5) is 8.78 Å². The molecule has 1 heterocycles. The van der Waals surface area contributed by atoms with Gasteiger partial charge in [-0.2, -0.15) is 0 Å². The third kappa shape index (κ3) is 1.77. The highest BCUT2D eigenvalue weighted by Gasteiger charge is 2.25. The van der Waals surface area contributed by atoms with E-state index in [1.807, 2.05) is 0 Å². The molecule has 0 aromatic heterocycles. The topological polar surface area (TPSA) is 9.23 Å². The Morgan fingerprint density at radius 2 is 2.14 bits per heavy atom. The van der Waals surface area contributed by atoms with Gasteiger partial charge in [-0.15, -0.1) is 0 Å². The predicted molar refractivity (Wildman–Crippen MR) is 48.8 cm³/mol. The molecule has 1 aliphatic rings. The Kier molecular flexibility index (Phi) is 2.50. The van der Waals surface area contributed by atoms with Crippen LogP contribution in [0.3, 0.4) is 0 Å². The number of ether oxygens (including phenoxy) is 1. The van der Waals surface area contributed by atoms with Gasteiger partial charge in [0.1, 0.15) is 11.6 Å². The van der Waals surface area contributed by atoms with Gasteiger partial charge < -0.3 is 4.74 Å². The number of rotatable bonds is 1. The van der Waals surface area contributed by atoms with Crippen LogP contribution >= 0.6 is 0 Å². The maximum atomic E-state index is 13.3. The summed E-state index contributed by atoms with van der Waals surface area (Å²) >= 11 is 0. The molecule has 3 heteroatoms. The molecule has 0 amide bonds. The van der Waals surface area contributed by atoms with Crippen LogP contribution in [-0.2, 0) is 4.74 Å². The molecular formula is C11H12F2O. The normalized spacial score (nSPS) is 26.8. The molecule has 1 saturated heterocycles. The van der Waals surface area contributed by atoms with E-state index >= 15 is 0 Å². The van der Waals surface area contributed by atoms with Crippen LogP contribution in [-0.4, -0.2) is 6.61 Å². The van der Waals surface area contributed by atoms with Crippen molar-refractivity contribution in [2.75, 3.05) is 6.61 Å². The number of hydrogen-bond donors (Lipinski definition) is 0. The molecule has 1 aliphatic heterocycles. The van der Waals surface area contributed by atoms with Crippen molar-refractivity contribution in [2.45, 2.75) is 19.4 Å². The summed E-state index contributed by atoms with van der Waals surface area (Å²) in [6.45, 7) is 2.71. The van der Waals surface area contributed by atoms with Crippen molar-refractivity contribution in [3.05, 3.63) is 35.4 Å². The third-order valence-corrected chi connectivity index (χ3v) is 2.51. The standard InChI is InChI=1S/C11H12F2O/c1-7-4-11(14-6-7)9-3-2-8(12)5-10(9)13/h2-3,5,7,11H,4,6H2,1H3/t7-,11+/m0/s1. The third-order valence-electron chi connectivity index (χ3n) is 2.51. The molecule has 1 aromatic rings. The molecule has 0 N–H and O–H groups in total. The average Bonchev–Trinajstić information content (AvgIpc) is 2.51. The van der Waals surface area contributed by atoms with Crippen LogP contribution in [0.2, 0.25) is 0 Å². The van der Waals surface area contributed by atoms with E-state index in [9.17, 15) is 8.78 Å². The highest BCUT2D eigenvalue weighted by molar-refractivity contribution is 5.21. The van der Waals surface area contributed by atoms with Crippen molar-refractivity contribution in [3.8, 4) is 0 Å². The van der Waals surface area contributed by atoms with Crippen molar-refractivity contribution in [2.24, 2.45) is 5.92 Å². The molecule has 1 fully saturated rings. The van der Waals surface area contributed by atoms with Gasteiger partial charge in [0.15, 0.2) is 0 Å².